The molecule has 2 aliphatic heterocycles. The minimum atomic E-state index is -3.24. The molecule has 0 spiro atoms. The first-order valence-corrected chi connectivity index (χ1v) is 11.0. The van der Waals surface area contributed by atoms with Gasteiger partial charge in [-0.25, -0.2) is 13.2 Å². The number of anilines is 2. The average Bonchev–Trinajstić information content (AvgIpc) is 3.31. The molecule has 9 heteroatoms. The maximum Gasteiger partial charge on any atom is 0.414 e. The molecule has 2 aliphatic rings. The molecule has 1 N–H and O–H groups in total. The van der Waals surface area contributed by atoms with Crippen molar-refractivity contribution < 1.29 is 22.7 Å². The molecule has 0 aromatic heterocycles. The summed E-state index contributed by atoms with van der Waals surface area (Å²) >= 11 is 0. The van der Waals surface area contributed by atoms with E-state index in [0.717, 1.165) is 11.3 Å². The molecular formula is C20H21N3O5S. The molecule has 0 aliphatic carbocycles. The summed E-state index contributed by atoms with van der Waals surface area (Å²) in [6.07, 6.45) is 0.241. The molecule has 0 atom stereocenters. The standard InChI is InChI=1S/C20H21N3O5S/c24-19(16-5-7-17(8-6-16)23-9-2-12-29(23,26)27)21-14-15-3-1-4-18(13-15)22-10-11-28-20(22)25/h1,3-8,13H,2,9-12,14H2,(H,21,24). The second-order valence-corrected chi connectivity index (χ2v) is 8.92. The van der Waals surface area contributed by atoms with Crippen LogP contribution in [0.25, 0.3) is 0 Å². The molecule has 0 saturated carbocycles. The summed E-state index contributed by atoms with van der Waals surface area (Å²) in [6.45, 7) is 1.65. The Morgan fingerprint density at radius 1 is 1.07 bits per heavy atom. The molecule has 0 bridgehead atoms. The summed E-state index contributed by atoms with van der Waals surface area (Å²) in [5.41, 5.74) is 2.61. The Morgan fingerprint density at radius 2 is 1.86 bits per heavy atom. The minimum absolute atomic E-state index is 0.156. The zero-order valence-electron chi connectivity index (χ0n) is 15.7. The number of benzene rings is 2. The van der Waals surface area contributed by atoms with Gasteiger partial charge in [-0.2, -0.15) is 0 Å². The van der Waals surface area contributed by atoms with Crippen LogP contribution in [0, 0.1) is 0 Å². The van der Waals surface area contributed by atoms with Crippen molar-refractivity contribution >= 4 is 33.4 Å². The van der Waals surface area contributed by atoms with E-state index in [1.54, 1.807) is 29.2 Å². The molecule has 152 valence electrons. The lowest BCUT2D eigenvalue weighted by atomic mass is 10.1. The van der Waals surface area contributed by atoms with Crippen LogP contribution in [-0.4, -0.2) is 45.9 Å². The van der Waals surface area contributed by atoms with Crippen molar-refractivity contribution in [1.29, 1.82) is 0 Å². The number of nitrogens with zero attached hydrogens (tertiary/aromatic N) is 2. The highest BCUT2D eigenvalue weighted by Crippen LogP contribution is 2.24. The van der Waals surface area contributed by atoms with Gasteiger partial charge in [0.25, 0.3) is 5.91 Å². The fourth-order valence-corrected chi connectivity index (χ4v) is 5.02. The topological polar surface area (TPSA) is 96.0 Å². The molecule has 0 radical (unpaired) electrons. The molecule has 0 unspecified atom stereocenters. The van der Waals surface area contributed by atoms with Gasteiger partial charge in [0.05, 0.1) is 18.0 Å². The molecule has 4 rings (SSSR count). The van der Waals surface area contributed by atoms with E-state index in [0.29, 0.717) is 43.9 Å². The van der Waals surface area contributed by atoms with Gasteiger partial charge in [0.2, 0.25) is 10.0 Å². The van der Waals surface area contributed by atoms with Gasteiger partial charge < -0.3 is 10.1 Å². The van der Waals surface area contributed by atoms with E-state index in [-0.39, 0.29) is 17.8 Å². The van der Waals surface area contributed by atoms with Crippen LogP contribution in [0.1, 0.15) is 22.3 Å². The van der Waals surface area contributed by atoms with Gasteiger partial charge in [-0.15, -0.1) is 0 Å². The number of sulfonamides is 1. The van der Waals surface area contributed by atoms with Gasteiger partial charge in [0.15, 0.2) is 0 Å². The third-order valence-corrected chi connectivity index (χ3v) is 6.82. The second-order valence-electron chi connectivity index (χ2n) is 6.91. The highest BCUT2D eigenvalue weighted by Gasteiger charge is 2.28. The van der Waals surface area contributed by atoms with Crippen LogP contribution in [0.5, 0.6) is 0 Å². The maximum atomic E-state index is 12.4. The molecule has 2 aromatic rings. The van der Waals surface area contributed by atoms with Crippen molar-refractivity contribution in [1.82, 2.24) is 5.32 Å². The van der Waals surface area contributed by atoms with Crippen LogP contribution >= 0.6 is 0 Å². The molecule has 2 amide bonds. The fourth-order valence-electron chi connectivity index (χ4n) is 3.46. The van der Waals surface area contributed by atoms with Crippen LogP contribution in [-0.2, 0) is 21.3 Å². The highest BCUT2D eigenvalue weighted by molar-refractivity contribution is 7.93. The SMILES string of the molecule is O=C(NCc1cccc(N2CCOC2=O)c1)c1ccc(N2CCCS2(=O)=O)cc1. The first kappa shape index (κ1) is 19.3. The van der Waals surface area contributed by atoms with E-state index >= 15 is 0 Å². The van der Waals surface area contributed by atoms with Gasteiger partial charge >= 0.3 is 6.09 Å². The zero-order valence-corrected chi connectivity index (χ0v) is 16.5. The Kier molecular flexibility index (Phi) is 5.14. The molecule has 29 heavy (non-hydrogen) atoms. The van der Waals surface area contributed by atoms with Crippen molar-refractivity contribution in [3.8, 4) is 0 Å². The quantitative estimate of drug-likeness (QED) is 0.807. The summed E-state index contributed by atoms with van der Waals surface area (Å²) in [5.74, 6) is -0.101. The summed E-state index contributed by atoms with van der Waals surface area (Å²) in [6, 6.07) is 13.9. The van der Waals surface area contributed by atoms with Crippen LogP contribution in [0.4, 0.5) is 16.2 Å². The fraction of sp³-hybridized carbons (Fsp3) is 0.300. The van der Waals surface area contributed by atoms with Crippen molar-refractivity contribution in [3.63, 3.8) is 0 Å². The third kappa shape index (κ3) is 4.04. The van der Waals surface area contributed by atoms with Crippen molar-refractivity contribution in [2.45, 2.75) is 13.0 Å². The number of ether oxygens (including phenoxy) is 1. The largest absolute Gasteiger partial charge is 0.447 e. The van der Waals surface area contributed by atoms with Gasteiger partial charge in [-0.1, -0.05) is 12.1 Å². The average molecular weight is 415 g/mol. The summed E-state index contributed by atoms with van der Waals surface area (Å²) < 4.78 is 30.3. The van der Waals surface area contributed by atoms with Crippen molar-refractivity contribution in [3.05, 3.63) is 59.7 Å². The third-order valence-electron chi connectivity index (χ3n) is 4.95. The number of rotatable bonds is 5. The van der Waals surface area contributed by atoms with Crippen molar-refractivity contribution in [2.75, 3.05) is 34.7 Å². The number of cyclic esters (lactones) is 1. The van der Waals surface area contributed by atoms with Gasteiger partial charge in [-0.05, 0) is 48.4 Å². The maximum absolute atomic E-state index is 12.4. The zero-order chi connectivity index (χ0) is 20.4. The van der Waals surface area contributed by atoms with E-state index < -0.39 is 10.0 Å². The number of hydrogen-bond acceptors (Lipinski definition) is 5. The Labute approximate surface area is 169 Å². The Balaban J connectivity index is 1.39. The van der Waals surface area contributed by atoms with Crippen LogP contribution in [0.3, 0.4) is 0 Å². The van der Waals surface area contributed by atoms with Gasteiger partial charge in [0, 0.05) is 24.3 Å². The monoisotopic (exact) mass is 415 g/mol. The predicted octanol–water partition coefficient (Wildman–Crippen LogP) is 2.11. The number of carbonyl (C=O) groups excluding carboxylic acids is 2. The molecule has 8 nitrogen and oxygen atoms in total. The number of carbonyl (C=O) groups is 2. The Bertz CT molecular complexity index is 1040. The van der Waals surface area contributed by atoms with E-state index in [1.807, 2.05) is 24.3 Å². The van der Waals surface area contributed by atoms with Gasteiger partial charge in [-0.3, -0.25) is 14.0 Å². The Morgan fingerprint density at radius 3 is 2.52 bits per heavy atom. The van der Waals surface area contributed by atoms with E-state index in [2.05, 4.69) is 5.32 Å². The first-order chi connectivity index (χ1) is 13.9. The number of nitrogens with one attached hydrogen (secondary N) is 1. The predicted molar refractivity (Wildman–Crippen MR) is 108 cm³/mol. The lowest BCUT2D eigenvalue weighted by molar-refractivity contribution is 0.0951. The first-order valence-electron chi connectivity index (χ1n) is 9.36. The highest BCUT2D eigenvalue weighted by atomic mass is 32.2. The normalized spacial score (nSPS) is 18.0. The van der Waals surface area contributed by atoms with Gasteiger partial charge in [0.1, 0.15) is 6.61 Å². The van der Waals surface area contributed by atoms with E-state index in [1.165, 1.54) is 4.31 Å². The molecular weight excluding hydrogens is 394 g/mol. The van der Waals surface area contributed by atoms with E-state index in [4.69, 9.17) is 4.74 Å². The Hall–Kier alpha value is -3.07. The van der Waals surface area contributed by atoms with Crippen LogP contribution in [0.2, 0.25) is 0 Å². The second kappa shape index (κ2) is 7.75. The van der Waals surface area contributed by atoms with Crippen LogP contribution in [0.15, 0.2) is 48.5 Å². The molecule has 2 aromatic carbocycles. The smallest absolute Gasteiger partial charge is 0.414 e. The lowest BCUT2D eigenvalue weighted by Crippen LogP contribution is -2.26. The summed E-state index contributed by atoms with van der Waals surface area (Å²) in [7, 11) is -3.24. The lowest BCUT2D eigenvalue weighted by Gasteiger charge is -2.17. The number of hydrogen-bond donors (Lipinski definition) is 1. The summed E-state index contributed by atoms with van der Waals surface area (Å²) in [5, 5.41) is 2.84. The molecule has 2 heterocycles. The van der Waals surface area contributed by atoms with E-state index in [9.17, 15) is 18.0 Å². The van der Waals surface area contributed by atoms with Crippen molar-refractivity contribution in [2.24, 2.45) is 0 Å². The number of amides is 2. The molecule has 2 saturated heterocycles. The summed E-state index contributed by atoms with van der Waals surface area (Å²) in [4.78, 5) is 25.7. The van der Waals surface area contributed by atoms with Crippen LogP contribution < -0.4 is 14.5 Å². The molecule has 2 fully saturated rings. The minimum Gasteiger partial charge on any atom is -0.447 e.